The molecule has 0 aliphatic rings. The molecule has 0 aliphatic heterocycles. The van der Waals surface area contributed by atoms with Crippen LogP contribution in [0.5, 0.6) is 10.9 Å². The number of nitrogens with one attached hydrogen (secondary N) is 1. The molecule has 0 unspecified atom stereocenters. The van der Waals surface area contributed by atoms with Gasteiger partial charge >= 0.3 is 0 Å². The van der Waals surface area contributed by atoms with Crippen LogP contribution >= 0.6 is 11.3 Å². The third kappa shape index (κ3) is 3.98. The van der Waals surface area contributed by atoms with Crippen LogP contribution < -0.4 is 10.1 Å². The van der Waals surface area contributed by atoms with Crippen molar-refractivity contribution in [1.82, 2.24) is 15.5 Å². The van der Waals surface area contributed by atoms with Gasteiger partial charge in [0, 0.05) is 6.54 Å². The molecule has 2 aromatic rings. The van der Waals surface area contributed by atoms with Gasteiger partial charge in [0.1, 0.15) is 5.01 Å². The molecule has 0 atom stereocenters. The average molecular weight is 295 g/mol. The molecule has 1 aromatic carbocycles. The number of halogens is 1. The quantitative estimate of drug-likeness (QED) is 0.885. The highest BCUT2D eigenvalue weighted by molar-refractivity contribution is 7.13. The van der Waals surface area contributed by atoms with Crippen LogP contribution in [0.3, 0.4) is 0 Å². The summed E-state index contributed by atoms with van der Waals surface area (Å²) in [6, 6.07) is 5.03. The van der Waals surface area contributed by atoms with Gasteiger partial charge < -0.3 is 10.1 Å². The highest BCUT2D eigenvalue weighted by Crippen LogP contribution is 2.28. The Morgan fingerprint density at radius 3 is 2.90 bits per heavy atom. The normalized spacial score (nSPS) is 11.1. The molecule has 1 aromatic heterocycles. The molecule has 0 aliphatic carbocycles. The molecule has 2 rings (SSSR count). The second-order valence-corrected chi connectivity index (χ2v) is 6.00. The number of aryl methyl sites for hydroxylation is 1. The Balaban J connectivity index is 1.97. The summed E-state index contributed by atoms with van der Waals surface area (Å²) in [5.74, 6) is 0.407. The van der Waals surface area contributed by atoms with Crippen LogP contribution in [0.2, 0.25) is 0 Å². The molecule has 108 valence electrons. The Bertz CT molecular complexity index is 571. The lowest BCUT2D eigenvalue weighted by Gasteiger charge is -2.04. The third-order valence-corrected chi connectivity index (χ3v) is 3.43. The summed E-state index contributed by atoms with van der Waals surface area (Å²) in [5.41, 5.74) is 0.547. The molecule has 4 nitrogen and oxygen atoms in total. The topological polar surface area (TPSA) is 47.0 Å². The lowest BCUT2D eigenvalue weighted by Crippen LogP contribution is -2.18. The van der Waals surface area contributed by atoms with Crippen LogP contribution in [-0.2, 0) is 6.54 Å². The lowest BCUT2D eigenvalue weighted by atomic mass is 10.2. The van der Waals surface area contributed by atoms with E-state index in [2.05, 4.69) is 29.4 Å². The summed E-state index contributed by atoms with van der Waals surface area (Å²) in [5, 5.41) is 12.4. The first-order valence-corrected chi connectivity index (χ1v) is 7.34. The van der Waals surface area contributed by atoms with Crippen molar-refractivity contribution in [1.29, 1.82) is 0 Å². The van der Waals surface area contributed by atoms with Gasteiger partial charge in [-0.1, -0.05) is 42.4 Å². The standard InChI is InChI=1S/C14H18FN3OS/c1-9(2)7-16-8-12-17-18-14(20-12)19-11-6-4-5-10(3)13(11)15/h4-6,9,16H,7-8H2,1-3H3. The lowest BCUT2D eigenvalue weighted by molar-refractivity contribution is 0.433. The predicted molar refractivity (Wildman–Crippen MR) is 77.7 cm³/mol. The first-order chi connectivity index (χ1) is 9.56. The number of hydrogen-bond acceptors (Lipinski definition) is 5. The van der Waals surface area contributed by atoms with Crippen molar-refractivity contribution in [2.75, 3.05) is 6.54 Å². The fourth-order valence-electron chi connectivity index (χ4n) is 1.61. The minimum Gasteiger partial charge on any atom is -0.427 e. The van der Waals surface area contributed by atoms with Gasteiger partial charge in [-0.25, -0.2) is 4.39 Å². The summed E-state index contributed by atoms with van der Waals surface area (Å²) in [7, 11) is 0. The van der Waals surface area contributed by atoms with E-state index in [1.165, 1.54) is 11.3 Å². The van der Waals surface area contributed by atoms with E-state index >= 15 is 0 Å². The number of benzene rings is 1. The van der Waals surface area contributed by atoms with E-state index in [9.17, 15) is 4.39 Å². The van der Waals surface area contributed by atoms with Gasteiger partial charge in [0.05, 0.1) is 0 Å². The Labute approximate surface area is 122 Å². The Morgan fingerprint density at radius 2 is 2.15 bits per heavy atom. The van der Waals surface area contributed by atoms with Gasteiger partial charge in [-0.05, 0) is 31.0 Å². The van der Waals surface area contributed by atoms with Crippen LogP contribution in [0, 0.1) is 18.7 Å². The Hall–Kier alpha value is -1.53. The smallest absolute Gasteiger partial charge is 0.299 e. The minimum atomic E-state index is -0.359. The van der Waals surface area contributed by atoms with Crippen molar-refractivity contribution in [2.24, 2.45) is 5.92 Å². The molecule has 0 radical (unpaired) electrons. The second kappa shape index (κ2) is 6.76. The van der Waals surface area contributed by atoms with Crippen LogP contribution in [-0.4, -0.2) is 16.7 Å². The van der Waals surface area contributed by atoms with Crippen LogP contribution in [0.4, 0.5) is 4.39 Å². The van der Waals surface area contributed by atoms with E-state index < -0.39 is 0 Å². The van der Waals surface area contributed by atoms with E-state index in [0.717, 1.165) is 11.6 Å². The highest BCUT2D eigenvalue weighted by atomic mass is 32.1. The van der Waals surface area contributed by atoms with E-state index in [0.29, 0.717) is 23.2 Å². The van der Waals surface area contributed by atoms with Crippen molar-refractivity contribution in [3.63, 3.8) is 0 Å². The molecule has 0 bridgehead atoms. The molecule has 20 heavy (non-hydrogen) atoms. The van der Waals surface area contributed by atoms with Crippen molar-refractivity contribution in [3.05, 3.63) is 34.6 Å². The van der Waals surface area contributed by atoms with E-state index in [1.807, 2.05) is 0 Å². The van der Waals surface area contributed by atoms with Crippen molar-refractivity contribution in [2.45, 2.75) is 27.3 Å². The summed E-state index contributed by atoms with van der Waals surface area (Å²) in [4.78, 5) is 0. The largest absolute Gasteiger partial charge is 0.427 e. The first-order valence-electron chi connectivity index (χ1n) is 6.52. The zero-order valence-electron chi connectivity index (χ0n) is 11.8. The Kier molecular flexibility index (Phi) is 5.03. The van der Waals surface area contributed by atoms with E-state index in [-0.39, 0.29) is 11.6 Å². The molecule has 0 fully saturated rings. The highest BCUT2D eigenvalue weighted by Gasteiger charge is 2.11. The maximum atomic E-state index is 13.8. The molecular formula is C14H18FN3OS. The molecule has 0 saturated heterocycles. The maximum absolute atomic E-state index is 13.8. The first kappa shape index (κ1) is 14.9. The minimum absolute atomic E-state index is 0.183. The SMILES string of the molecule is Cc1cccc(Oc2nnc(CNCC(C)C)s2)c1F. The molecule has 0 saturated carbocycles. The number of hydrogen-bond donors (Lipinski definition) is 1. The van der Waals surface area contributed by atoms with Crippen molar-refractivity contribution in [3.8, 4) is 10.9 Å². The zero-order valence-corrected chi connectivity index (χ0v) is 12.6. The fourth-order valence-corrected chi connectivity index (χ4v) is 2.28. The van der Waals surface area contributed by atoms with E-state index in [1.54, 1.807) is 25.1 Å². The monoisotopic (exact) mass is 295 g/mol. The average Bonchev–Trinajstić information content (AvgIpc) is 2.82. The second-order valence-electron chi connectivity index (χ2n) is 4.98. The summed E-state index contributed by atoms with van der Waals surface area (Å²) < 4.78 is 19.2. The van der Waals surface area contributed by atoms with Gasteiger partial charge in [0.25, 0.3) is 5.19 Å². The number of aromatic nitrogens is 2. The van der Waals surface area contributed by atoms with Crippen LogP contribution in [0.15, 0.2) is 18.2 Å². The molecular weight excluding hydrogens is 277 g/mol. The summed E-state index contributed by atoms with van der Waals surface area (Å²) in [6.45, 7) is 7.55. The van der Waals surface area contributed by atoms with Gasteiger partial charge in [0.15, 0.2) is 11.6 Å². The number of rotatable bonds is 6. The van der Waals surface area contributed by atoms with Gasteiger partial charge in [0.2, 0.25) is 0 Å². The van der Waals surface area contributed by atoms with Crippen LogP contribution in [0.25, 0.3) is 0 Å². The molecule has 1 N–H and O–H groups in total. The summed E-state index contributed by atoms with van der Waals surface area (Å²) in [6.07, 6.45) is 0. The summed E-state index contributed by atoms with van der Waals surface area (Å²) >= 11 is 1.32. The number of nitrogens with zero attached hydrogens (tertiary/aromatic N) is 2. The fraction of sp³-hybridized carbons (Fsp3) is 0.429. The Morgan fingerprint density at radius 1 is 1.35 bits per heavy atom. The van der Waals surface area contributed by atoms with Gasteiger partial charge in [-0.2, -0.15) is 0 Å². The molecule has 0 spiro atoms. The van der Waals surface area contributed by atoms with Gasteiger partial charge in [-0.15, -0.1) is 5.10 Å². The molecule has 1 heterocycles. The predicted octanol–water partition coefficient (Wildman–Crippen LogP) is 3.52. The van der Waals surface area contributed by atoms with Crippen LogP contribution in [0.1, 0.15) is 24.4 Å². The third-order valence-electron chi connectivity index (χ3n) is 2.63. The molecule has 0 amide bonds. The van der Waals surface area contributed by atoms with E-state index in [4.69, 9.17) is 4.74 Å². The zero-order chi connectivity index (χ0) is 14.5. The maximum Gasteiger partial charge on any atom is 0.299 e. The van der Waals surface area contributed by atoms with Gasteiger partial charge in [-0.3, -0.25) is 0 Å². The van der Waals surface area contributed by atoms with Crippen molar-refractivity contribution >= 4 is 11.3 Å². The molecule has 6 heteroatoms. The number of ether oxygens (including phenoxy) is 1. The van der Waals surface area contributed by atoms with Crippen molar-refractivity contribution < 1.29 is 9.13 Å².